The Morgan fingerprint density at radius 3 is 2.94 bits per heavy atom. The van der Waals surface area contributed by atoms with Gasteiger partial charge in [-0.05, 0) is 61.4 Å². The number of aliphatic imine (C=N–C) groups is 1. The Kier molecular flexibility index (Phi) is 2.71. The van der Waals surface area contributed by atoms with E-state index in [9.17, 15) is 0 Å². The number of rotatable bonds is 1. The van der Waals surface area contributed by atoms with E-state index in [2.05, 4.69) is 41.5 Å². The molecule has 2 aliphatic rings. The minimum Gasteiger partial charge on any atom is -0.340 e. The van der Waals surface area contributed by atoms with E-state index in [0.29, 0.717) is 0 Å². The maximum atomic E-state index is 4.54. The van der Waals surface area contributed by atoms with Crippen LogP contribution >= 0.6 is 0 Å². The fourth-order valence-electron chi connectivity index (χ4n) is 2.60. The van der Waals surface area contributed by atoms with Gasteiger partial charge in [0.05, 0.1) is 0 Å². The van der Waals surface area contributed by atoms with Crippen LogP contribution in [0.1, 0.15) is 30.9 Å². The molecule has 0 aromatic heterocycles. The molecule has 17 heavy (non-hydrogen) atoms. The predicted molar refractivity (Wildman–Crippen MR) is 72.8 cm³/mol. The Bertz CT molecular complexity index is 498. The van der Waals surface area contributed by atoms with Crippen molar-refractivity contribution in [1.82, 2.24) is 0 Å². The number of hydrogen-bond acceptors (Lipinski definition) is 2. The van der Waals surface area contributed by atoms with Gasteiger partial charge < -0.3 is 5.32 Å². The second kappa shape index (κ2) is 4.36. The number of benzene rings is 1. The van der Waals surface area contributed by atoms with Gasteiger partial charge in [0.2, 0.25) is 0 Å². The van der Waals surface area contributed by atoms with Gasteiger partial charge in [-0.3, -0.25) is 4.99 Å². The Labute approximate surface area is 102 Å². The molecule has 0 spiro atoms. The number of anilines is 1. The number of fused-ring (bicyclic) bond motifs is 1. The molecule has 1 N–H and O–H groups in total. The molecular weight excluding hydrogens is 208 g/mol. The van der Waals surface area contributed by atoms with Crippen LogP contribution in [-0.2, 0) is 12.8 Å². The molecule has 2 heteroatoms. The van der Waals surface area contributed by atoms with E-state index >= 15 is 0 Å². The molecule has 0 radical (unpaired) electrons. The van der Waals surface area contributed by atoms with Crippen molar-refractivity contribution in [3.8, 4) is 0 Å². The lowest BCUT2D eigenvalue weighted by atomic mass is 10.1. The van der Waals surface area contributed by atoms with Gasteiger partial charge in [-0.15, -0.1) is 0 Å². The van der Waals surface area contributed by atoms with Gasteiger partial charge >= 0.3 is 0 Å². The van der Waals surface area contributed by atoms with Crippen LogP contribution in [0.4, 0.5) is 5.69 Å². The van der Waals surface area contributed by atoms with E-state index in [1.165, 1.54) is 41.6 Å². The first-order valence-corrected chi connectivity index (χ1v) is 6.43. The molecule has 0 bridgehead atoms. The lowest BCUT2D eigenvalue weighted by molar-refractivity contribution is 0.912. The summed E-state index contributed by atoms with van der Waals surface area (Å²) < 4.78 is 0. The van der Waals surface area contributed by atoms with Crippen molar-refractivity contribution in [1.29, 1.82) is 0 Å². The summed E-state index contributed by atoms with van der Waals surface area (Å²) in [6.45, 7) is 3.03. The number of nitrogens with one attached hydrogen (secondary N) is 1. The van der Waals surface area contributed by atoms with Crippen LogP contribution in [-0.4, -0.2) is 12.4 Å². The molecular formula is C15H18N2. The number of hydrogen-bond donors (Lipinski definition) is 1. The van der Waals surface area contributed by atoms with E-state index in [4.69, 9.17) is 0 Å². The van der Waals surface area contributed by atoms with Gasteiger partial charge in [0.15, 0.2) is 0 Å². The monoisotopic (exact) mass is 226 g/mol. The summed E-state index contributed by atoms with van der Waals surface area (Å²) in [6, 6.07) is 6.72. The molecule has 0 atom stereocenters. The molecule has 0 amide bonds. The third-order valence-corrected chi connectivity index (χ3v) is 3.58. The SMILES string of the molecule is CC1=CCCN=C1Nc1ccc2c(c1)CCC2. The summed E-state index contributed by atoms with van der Waals surface area (Å²) in [6.07, 6.45) is 7.10. The Morgan fingerprint density at radius 1 is 1.18 bits per heavy atom. The zero-order valence-electron chi connectivity index (χ0n) is 10.3. The van der Waals surface area contributed by atoms with Crippen LogP contribution in [0.25, 0.3) is 0 Å². The maximum absolute atomic E-state index is 4.54. The van der Waals surface area contributed by atoms with E-state index in [1.54, 1.807) is 0 Å². The Morgan fingerprint density at radius 2 is 2.06 bits per heavy atom. The summed E-state index contributed by atoms with van der Waals surface area (Å²) in [5, 5.41) is 3.44. The highest BCUT2D eigenvalue weighted by Crippen LogP contribution is 2.25. The van der Waals surface area contributed by atoms with Crippen LogP contribution in [0.2, 0.25) is 0 Å². The van der Waals surface area contributed by atoms with Crippen molar-refractivity contribution in [2.75, 3.05) is 11.9 Å². The van der Waals surface area contributed by atoms with Gasteiger partial charge in [-0.1, -0.05) is 12.1 Å². The summed E-state index contributed by atoms with van der Waals surface area (Å²) >= 11 is 0. The number of amidine groups is 1. The Hall–Kier alpha value is -1.57. The van der Waals surface area contributed by atoms with Crippen molar-refractivity contribution >= 4 is 11.5 Å². The van der Waals surface area contributed by atoms with Crippen LogP contribution in [0, 0.1) is 0 Å². The summed E-state index contributed by atoms with van der Waals surface area (Å²) in [5.41, 5.74) is 5.47. The molecule has 0 fully saturated rings. The molecule has 1 aromatic carbocycles. The van der Waals surface area contributed by atoms with Crippen molar-refractivity contribution in [2.24, 2.45) is 4.99 Å². The molecule has 1 heterocycles. The van der Waals surface area contributed by atoms with Crippen molar-refractivity contribution in [3.63, 3.8) is 0 Å². The first-order valence-electron chi connectivity index (χ1n) is 6.43. The summed E-state index contributed by atoms with van der Waals surface area (Å²) in [7, 11) is 0. The van der Waals surface area contributed by atoms with Crippen LogP contribution < -0.4 is 5.32 Å². The van der Waals surface area contributed by atoms with Gasteiger partial charge in [-0.25, -0.2) is 0 Å². The standard InChI is InChI=1S/C15H18N2/c1-11-4-3-9-16-15(11)17-14-8-7-12-5-2-6-13(12)10-14/h4,7-8,10H,2-3,5-6,9H2,1H3,(H,16,17). The van der Waals surface area contributed by atoms with Gasteiger partial charge in [0.1, 0.15) is 5.84 Å². The summed E-state index contributed by atoms with van der Waals surface area (Å²) in [5.74, 6) is 1.04. The quantitative estimate of drug-likeness (QED) is 0.780. The average molecular weight is 226 g/mol. The number of aryl methyl sites for hydroxylation is 2. The molecule has 2 nitrogen and oxygen atoms in total. The van der Waals surface area contributed by atoms with E-state index in [1.807, 2.05) is 0 Å². The fourth-order valence-corrected chi connectivity index (χ4v) is 2.60. The average Bonchev–Trinajstić information content (AvgIpc) is 2.79. The van der Waals surface area contributed by atoms with Crippen molar-refractivity contribution in [2.45, 2.75) is 32.6 Å². The van der Waals surface area contributed by atoms with Crippen molar-refractivity contribution in [3.05, 3.63) is 41.0 Å². The van der Waals surface area contributed by atoms with Gasteiger partial charge in [-0.2, -0.15) is 0 Å². The third kappa shape index (κ3) is 2.12. The van der Waals surface area contributed by atoms with Crippen LogP contribution in [0.15, 0.2) is 34.8 Å². The van der Waals surface area contributed by atoms with E-state index < -0.39 is 0 Å². The minimum atomic E-state index is 0.907. The molecule has 1 aliphatic carbocycles. The molecule has 88 valence electrons. The first kappa shape index (κ1) is 10.6. The van der Waals surface area contributed by atoms with Crippen molar-refractivity contribution < 1.29 is 0 Å². The number of dihydropyridines is 1. The predicted octanol–water partition coefficient (Wildman–Crippen LogP) is 3.34. The molecule has 0 saturated heterocycles. The lowest BCUT2D eigenvalue weighted by Crippen LogP contribution is -2.16. The summed E-state index contributed by atoms with van der Waals surface area (Å²) in [4.78, 5) is 4.54. The zero-order chi connectivity index (χ0) is 11.7. The smallest absolute Gasteiger partial charge is 0.127 e. The second-order valence-electron chi connectivity index (χ2n) is 4.87. The van der Waals surface area contributed by atoms with Crippen LogP contribution in [0.5, 0.6) is 0 Å². The van der Waals surface area contributed by atoms with Crippen LogP contribution in [0.3, 0.4) is 0 Å². The van der Waals surface area contributed by atoms with Gasteiger partial charge in [0, 0.05) is 12.2 Å². The molecule has 3 rings (SSSR count). The second-order valence-corrected chi connectivity index (χ2v) is 4.87. The Balaban J connectivity index is 1.82. The lowest BCUT2D eigenvalue weighted by Gasteiger charge is -2.14. The number of nitrogens with zero attached hydrogens (tertiary/aromatic N) is 1. The highest BCUT2D eigenvalue weighted by atomic mass is 15.0. The normalized spacial score (nSPS) is 18.4. The van der Waals surface area contributed by atoms with E-state index in [-0.39, 0.29) is 0 Å². The molecule has 0 saturated carbocycles. The minimum absolute atomic E-state index is 0.907. The first-order chi connectivity index (χ1) is 8.33. The molecule has 1 aliphatic heterocycles. The highest BCUT2D eigenvalue weighted by Gasteiger charge is 2.12. The largest absolute Gasteiger partial charge is 0.340 e. The van der Waals surface area contributed by atoms with Gasteiger partial charge in [0.25, 0.3) is 0 Å². The van der Waals surface area contributed by atoms with E-state index in [0.717, 1.165) is 18.8 Å². The molecule has 1 aromatic rings. The maximum Gasteiger partial charge on any atom is 0.127 e. The topological polar surface area (TPSA) is 24.4 Å². The fraction of sp³-hybridized carbons (Fsp3) is 0.400. The third-order valence-electron chi connectivity index (χ3n) is 3.58. The molecule has 0 unspecified atom stereocenters. The highest BCUT2D eigenvalue weighted by molar-refractivity contribution is 6.07. The zero-order valence-corrected chi connectivity index (χ0v) is 10.3.